The molecule has 9 nitrogen and oxygen atoms in total. The second kappa shape index (κ2) is 8.78. The van der Waals surface area contributed by atoms with Gasteiger partial charge in [-0.05, 0) is 55.5 Å². The highest BCUT2D eigenvalue weighted by Gasteiger charge is 2.44. The van der Waals surface area contributed by atoms with E-state index in [1.165, 1.54) is 22.2 Å². The number of halogens is 1. The molecule has 10 heteroatoms. The molecule has 2 aromatic rings. The summed E-state index contributed by atoms with van der Waals surface area (Å²) in [6, 6.07) is 13.7. The van der Waals surface area contributed by atoms with Crippen LogP contribution < -0.4 is 20.4 Å². The van der Waals surface area contributed by atoms with Crippen LogP contribution >= 0.6 is 15.9 Å². The number of hydrogen-bond acceptors (Lipinski definition) is 5. The number of carbonyl (C=O) groups excluding carboxylic acids is 3. The number of hydrazine groups is 1. The lowest BCUT2D eigenvalue weighted by Crippen LogP contribution is -2.52. The van der Waals surface area contributed by atoms with E-state index in [1.807, 2.05) is 19.1 Å². The first-order valence-corrected chi connectivity index (χ1v) is 10.4. The van der Waals surface area contributed by atoms with Crippen molar-refractivity contribution in [1.82, 2.24) is 15.3 Å². The smallest absolute Gasteiger partial charge is 0.340 e. The third-order valence-electron chi connectivity index (χ3n) is 4.71. The predicted octanol–water partition coefficient (Wildman–Crippen LogP) is 2.87. The van der Waals surface area contributed by atoms with Gasteiger partial charge in [-0.25, -0.2) is 9.80 Å². The number of fused-ring (bicyclic) bond motifs is 1. The number of ether oxygens (including phenoxy) is 1. The van der Waals surface area contributed by atoms with Gasteiger partial charge in [0.2, 0.25) is 5.91 Å². The molecule has 2 aliphatic rings. The average Bonchev–Trinajstić information content (AvgIpc) is 3.07. The van der Waals surface area contributed by atoms with Crippen molar-refractivity contribution in [3.63, 3.8) is 0 Å². The van der Waals surface area contributed by atoms with E-state index in [4.69, 9.17) is 4.74 Å². The molecule has 1 fully saturated rings. The predicted molar refractivity (Wildman–Crippen MR) is 118 cm³/mol. The van der Waals surface area contributed by atoms with Crippen LogP contribution in [0.4, 0.5) is 16.2 Å². The summed E-state index contributed by atoms with van der Waals surface area (Å²) in [5.74, 6) is -0.0203. The van der Waals surface area contributed by atoms with E-state index in [0.29, 0.717) is 23.7 Å². The molecule has 2 heterocycles. The summed E-state index contributed by atoms with van der Waals surface area (Å²) in [6.07, 6.45) is 2.14. The standard InChI is InChI=1S/C21H20BrN5O4/c1-2-31-17-9-5-15(6-10-17)23-18(28)13-27-21(30)26-12-11-25(20(29)19(26)24-27)16-7-3-14(22)4-8-16/h3-12,19,24H,2,13H2,1H3,(H,23,28). The summed E-state index contributed by atoms with van der Waals surface area (Å²) in [6.45, 7) is 2.19. The number of amides is 4. The number of hydrogen-bond donors (Lipinski definition) is 2. The topological polar surface area (TPSA) is 94.2 Å². The molecular weight excluding hydrogens is 466 g/mol. The zero-order valence-corrected chi connectivity index (χ0v) is 18.2. The van der Waals surface area contributed by atoms with E-state index in [0.717, 1.165) is 9.48 Å². The van der Waals surface area contributed by atoms with Gasteiger partial charge in [0.25, 0.3) is 5.91 Å². The van der Waals surface area contributed by atoms with Crippen molar-refractivity contribution in [3.8, 4) is 5.75 Å². The third kappa shape index (κ3) is 4.39. The average molecular weight is 486 g/mol. The zero-order chi connectivity index (χ0) is 22.0. The molecule has 0 aliphatic carbocycles. The van der Waals surface area contributed by atoms with Crippen molar-refractivity contribution < 1.29 is 19.1 Å². The van der Waals surface area contributed by atoms with Crippen molar-refractivity contribution >= 4 is 45.2 Å². The van der Waals surface area contributed by atoms with E-state index in [9.17, 15) is 14.4 Å². The Hall–Kier alpha value is -3.37. The van der Waals surface area contributed by atoms with Gasteiger partial charge >= 0.3 is 6.03 Å². The van der Waals surface area contributed by atoms with Crippen LogP contribution in [-0.4, -0.2) is 47.1 Å². The molecular formula is C21H20BrN5O4. The molecule has 0 saturated carbocycles. The molecule has 4 rings (SSSR count). The Bertz CT molecular complexity index is 1030. The first-order chi connectivity index (χ1) is 15.0. The number of nitrogens with one attached hydrogen (secondary N) is 2. The van der Waals surface area contributed by atoms with E-state index < -0.39 is 18.1 Å². The van der Waals surface area contributed by atoms with Gasteiger partial charge in [-0.15, -0.1) is 0 Å². The van der Waals surface area contributed by atoms with Crippen LogP contribution in [0.3, 0.4) is 0 Å². The molecule has 2 aromatic carbocycles. The van der Waals surface area contributed by atoms with E-state index in [-0.39, 0.29) is 12.5 Å². The Balaban J connectivity index is 1.39. The van der Waals surface area contributed by atoms with E-state index in [2.05, 4.69) is 26.7 Å². The molecule has 0 bridgehead atoms. The number of rotatable bonds is 6. The molecule has 1 atom stereocenters. The number of urea groups is 1. The molecule has 2 aliphatic heterocycles. The molecule has 0 spiro atoms. The van der Waals surface area contributed by atoms with Gasteiger partial charge in [0.1, 0.15) is 12.3 Å². The van der Waals surface area contributed by atoms with Gasteiger partial charge in [0.15, 0.2) is 6.17 Å². The number of nitrogens with zero attached hydrogens (tertiary/aromatic N) is 3. The molecule has 31 heavy (non-hydrogen) atoms. The van der Waals surface area contributed by atoms with Gasteiger partial charge < -0.3 is 10.1 Å². The Labute approximate surface area is 187 Å². The van der Waals surface area contributed by atoms with E-state index in [1.54, 1.807) is 36.4 Å². The zero-order valence-electron chi connectivity index (χ0n) is 16.6. The van der Waals surface area contributed by atoms with E-state index >= 15 is 0 Å². The highest BCUT2D eigenvalue weighted by molar-refractivity contribution is 9.10. The fourth-order valence-electron chi connectivity index (χ4n) is 3.26. The minimum atomic E-state index is -0.917. The summed E-state index contributed by atoms with van der Waals surface area (Å²) in [5.41, 5.74) is 4.07. The molecule has 0 aromatic heterocycles. The number of anilines is 2. The molecule has 0 radical (unpaired) electrons. The van der Waals surface area contributed by atoms with Crippen molar-refractivity contribution in [3.05, 3.63) is 65.4 Å². The van der Waals surface area contributed by atoms with Crippen LogP contribution in [0.15, 0.2) is 65.4 Å². The highest BCUT2D eigenvalue weighted by atomic mass is 79.9. The maximum Gasteiger partial charge on any atom is 0.340 e. The monoisotopic (exact) mass is 485 g/mol. The highest BCUT2D eigenvalue weighted by Crippen LogP contribution is 2.25. The summed E-state index contributed by atoms with van der Waals surface area (Å²) in [5, 5.41) is 3.85. The molecule has 160 valence electrons. The molecule has 1 saturated heterocycles. The first kappa shape index (κ1) is 20.9. The van der Waals surface area contributed by atoms with Crippen molar-refractivity contribution in [2.45, 2.75) is 13.1 Å². The van der Waals surface area contributed by atoms with Crippen LogP contribution in [-0.2, 0) is 9.59 Å². The summed E-state index contributed by atoms with van der Waals surface area (Å²) < 4.78 is 6.27. The quantitative estimate of drug-likeness (QED) is 0.655. The van der Waals surface area contributed by atoms with Gasteiger partial charge in [-0.1, -0.05) is 15.9 Å². The minimum Gasteiger partial charge on any atom is -0.494 e. The lowest BCUT2D eigenvalue weighted by Gasteiger charge is -2.29. The number of benzene rings is 2. The van der Waals surface area contributed by atoms with Gasteiger partial charge in [0, 0.05) is 28.2 Å². The summed E-state index contributed by atoms with van der Waals surface area (Å²) in [7, 11) is 0. The van der Waals surface area contributed by atoms with Crippen molar-refractivity contribution in [2.75, 3.05) is 23.4 Å². The second-order valence-electron chi connectivity index (χ2n) is 6.80. The number of carbonyl (C=O) groups is 3. The van der Waals surface area contributed by atoms with Crippen LogP contribution in [0.5, 0.6) is 5.75 Å². The second-order valence-corrected chi connectivity index (χ2v) is 7.71. The Morgan fingerprint density at radius 2 is 1.81 bits per heavy atom. The normalized spacial score (nSPS) is 17.7. The lowest BCUT2D eigenvalue weighted by molar-refractivity contribution is -0.123. The third-order valence-corrected chi connectivity index (χ3v) is 5.24. The maximum atomic E-state index is 12.9. The van der Waals surface area contributed by atoms with Gasteiger partial charge in [-0.2, -0.15) is 5.43 Å². The molecule has 1 unspecified atom stereocenters. The molecule has 4 amide bonds. The SMILES string of the molecule is CCOc1ccc(NC(=O)CN2NC3C(=O)N(c4ccc(Br)cc4)C=CN3C2=O)cc1. The fourth-order valence-corrected chi connectivity index (χ4v) is 3.52. The van der Waals surface area contributed by atoms with Crippen LogP contribution in [0.2, 0.25) is 0 Å². The van der Waals surface area contributed by atoms with Crippen LogP contribution in [0.1, 0.15) is 6.92 Å². The van der Waals surface area contributed by atoms with Crippen molar-refractivity contribution in [2.24, 2.45) is 0 Å². The Kier molecular flexibility index (Phi) is 5.92. The summed E-state index contributed by atoms with van der Waals surface area (Å²) in [4.78, 5) is 40.7. The van der Waals surface area contributed by atoms with Crippen molar-refractivity contribution in [1.29, 1.82) is 0 Å². The molecule has 2 N–H and O–H groups in total. The fraction of sp³-hybridized carbons (Fsp3) is 0.190. The van der Waals surface area contributed by atoms with Crippen LogP contribution in [0, 0.1) is 0 Å². The minimum absolute atomic E-state index is 0.252. The lowest BCUT2D eigenvalue weighted by atomic mass is 10.2. The van der Waals surface area contributed by atoms with Crippen LogP contribution in [0.25, 0.3) is 0 Å². The summed E-state index contributed by atoms with van der Waals surface area (Å²) >= 11 is 3.36. The van der Waals surface area contributed by atoms with Gasteiger partial charge in [-0.3, -0.25) is 19.4 Å². The Morgan fingerprint density at radius 1 is 1.10 bits per heavy atom. The maximum absolute atomic E-state index is 12.9. The first-order valence-electron chi connectivity index (χ1n) is 9.62. The Morgan fingerprint density at radius 3 is 2.48 bits per heavy atom. The largest absolute Gasteiger partial charge is 0.494 e. The van der Waals surface area contributed by atoms with Gasteiger partial charge in [0.05, 0.1) is 6.61 Å².